The molecular formula is C16H20F2N4O3S. The number of nitrogens with zero attached hydrogens (tertiary/aromatic N) is 4. The van der Waals surface area contributed by atoms with Crippen LogP contribution in [-0.4, -0.2) is 40.2 Å². The number of aromatic nitrogens is 3. The quantitative estimate of drug-likeness (QED) is 0.758. The molecule has 2 aromatic heterocycles. The first-order valence-electron chi connectivity index (χ1n) is 8.38. The first kappa shape index (κ1) is 18.8. The molecule has 1 saturated carbocycles. The fraction of sp³-hybridized carbons (Fsp3) is 0.562. The van der Waals surface area contributed by atoms with Crippen molar-refractivity contribution in [1.29, 1.82) is 0 Å². The van der Waals surface area contributed by atoms with Crippen LogP contribution in [0.4, 0.5) is 8.78 Å². The van der Waals surface area contributed by atoms with Crippen LogP contribution in [0.15, 0.2) is 22.7 Å². The van der Waals surface area contributed by atoms with Crippen molar-refractivity contribution >= 4 is 10.0 Å². The minimum atomic E-state index is -3.36. The highest BCUT2D eigenvalue weighted by Crippen LogP contribution is 2.26. The van der Waals surface area contributed by atoms with Crippen molar-refractivity contribution in [3.05, 3.63) is 29.9 Å². The van der Waals surface area contributed by atoms with E-state index in [1.54, 1.807) is 12.1 Å². The van der Waals surface area contributed by atoms with Gasteiger partial charge in [-0.3, -0.25) is 4.98 Å². The minimum absolute atomic E-state index is 0.00948. The molecule has 0 radical (unpaired) electrons. The molecule has 2 aromatic rings. The number of hydrogen-bond acceptors (Lipinski definition) is 6. The Hall–Kier alpha value is -1.94. The summed E-state index contributed by atoms with van der Waals surface area (Å²) in [7, 11) is -3.36. The van der Waals surface area contributed by atoms with Gasteiger partial charge in [-0.05, 0) is 25.0 Å². The molecule has 0 spiro atoms. The lowest BCUT2D eigenvalue weighted by atomic mass is 9.95. The number of pyridine rings is 1. The summed E-state index contributed by atoms with van der Waals surface area (Å²) in [6.07, 6.45) is 4.67. The maximum absolute atomic E-state index is 12.5. The van der Waals surface area contributed by atoms with E-state index >= 15 is 0 Å². The third-order valence-corrected chi connectivity index (χ3v) is 5.70. The first-order chi connectivity index (χ1) is 12.3. The van der Waals surface area contributed by atoms with E-state index in [-0.39, 0.29) is 18.5 Å². The Morgan fingerprint density at radius 3 is 2.50 bits per heavy atom. The van der Waals surface area contributed by atoms with Crippen LogP contribution in [0, 0.1) is 0 Å². The monoisotopic (exact) mass is 386 g/mol. The van der Waals surface area contributed by atoms with Crippen LogP contribution in [0.25, 0.3) is 11.5 Å². The van der Waals surface area contributed by atoms with E-state index in [1.165, 1.54) is 16.8 Å². The molecule has 0 N–H and O–H groups in total. The van der Waals surface area contributed by atoms with Gasteiger partial charge in [0.05, 0.1) is 24.1 Å². The Balaban J connectivity index is 1.76. The van der Waals surface area contributed by atoms with Gasteiger partial charge >= 0.3 is 6.43 Å². The number of halogens is 2. The largest absolute Gasteiger partial charge is 0.415 e. The van der Waals surface area contributed by atoms with E-state index in [0.717, 1.165) is 32.1 Å². The number of rotatable bonds is 6. The lowest BCUT2D eigenvalue weighted by Gasteiger charge is -2.32. The molecule has 7 nitrogen and oxygen atoms in total. The van der Waals surface area contributed by atoms with Crippen molar-refractivity contribution < 1.29 is 21.6 Å². The smallest absolute Gasteiger partial charge is 0.314 e. The zero-order chi connectivity index (χ0) is 18.7. The summed E-state index contributed by atoms with van der Waals surface area (Å²) in [4.78, 5) is 4.24. The summed E-state index contributed by atoms with van der Waals surface area (Å²) >= 11 is 0. The summed E-state index contributed by atoms with van der Waals surface area (Å²) in [5.74, 6) is -0.795. The first-order valence-corrected chi connectivity index (χ1v) is 10.2. The standard InChI is InChI=1S/C16H20F2N4O3S/c1-26(23,24)22(13-5-3-2-4-6-13)10-12-8-7-11(9-19-12)15-20-21-16(25-15)14(17)18/h7-9,13-14H,2-6,10H2,1H3. The molecule has 10 heteroatoms. The highest BCUT2D eigenvalue weighted by molar-refractivity contribution is 7.88. The van der Waals surface area contributed by atoms with E-state index in [0.29, 0.717) is 11.3 Å². The zero-order valence-corrected chi connectivity index (χ0v) is 15.1. The van der Waals surface area contributed by atoms with Crippen LogP contribution in [0.5, 0.6) is 0 Å². The summed E-state index contributed by atoms with van der Waals surface area (Å²) < 4.78 is 55.8. The van der Waals surface area contributed by atoms with Gasteiger partial charge in [-0.2, -0.15) is 13.1 Å². The molecule has 0 bridgehead atoms. The van der Waals surface area contributed by atoms with Gasteiger partial charge in [0.15, 0.2) is 0 Å². The molecule has 2 heterocycles. The summed E-state index contributed by atoms with van der Waals surface area (Å²) in [5, 5.41) is 6.84. The minimum Gasteiger partial charge on any atom is -0.415 e. The number of alkyl halides is 2. The van der Waals surface area contributed by atoms with Crippen LogP contribution < -0.4 is 0 Å². The van der Waals surface area contributed by atoms with E-state index < -0.39 is 22.3 Å². The van der Waals surface area contributed by atoms with Crippen molar-refractivity contribution in [3.8, 4) is 11.5 Å². The van der Waals surface area contributed by atoms with Crippen molar-refractivity contribution in [2.45, 2.75) is 51.1 Å². The molecule has 1 aliphatic rings. The summed E-state index contributed by atoms with van der Waals surface area (Å²) in [6, 6.07) is 3.24. The number of sulfonamides is 1. The topological polar surface area (TPSA) is 89.2 Å². The van der Waals surface area contributed by atoms with Crippen LogP contribution in [0.2, 0.25) is 0 Å². The molecule has 3 rings (SSSR count). The third-order valence-electron chi connectivity index (χ3n) is 4.42. The zero-order valence-electron chi connectivity index (χ0n) is 14.3. The Bertz CT molecular complexity index is 833. The van der Waals surface area contributed by atoms with Gasteiger partial charge in [0, 0.05) is 12.2 Å². The molecule has 0 amide bonds. The SMILES string of the molecule is CS(=O)(=O)N(Cc1ccc(-c2nnc(C(F)F)o2)cn1)C1CCCCC1. The lowest BCUT2D eigenvalue weighted by Crippen LogP contribution is -2.40. The maximum atomic E-state index is 12.5. The molecule has 0 aromatic carbocycles. The Morgan fingerprint density at radius 2 is 1.96 bits per heavy atom. The second kappa shape index (κ2) is 7.75. The van der Waals surface area contributed by atoms with Crippen molar-refractivity contribution in [3.63, 3.8) is 0 Å². The molecule has 1 fully saturated rings. The summed E-state index contributed by atoms with van der Waals surface area (Å²) in [5.41, 5.74) is 0.968. The highest BCUT2D eigenvalue weighted by Gasteiger charge is 2.28. The van der Waals surface area contributed by atoms with Gasteiger partial charge in [-0.25, -0.2) is 8.42 Å². The molecule has 1 aliphatic carbocycles. The third kappa shape index (κ3) is 4.42. The second-order valence-corrected chi connectivity index (χ2v) is 8.32. The van der Waals surface area contributed by atoms with Gasteiger partial charge in [0.1, 0.15) is 0 Å². The van der Waals surface area contributed by atoms with Crippen LogP contribution in [0.1, 0.15) is 50.1 Å². The van der Waals surface area contributed by atoms with Gasteiger partial charge in [-0.1, -0.05) is 19.3 Å². The van der Waals surface area contributed by atoms with Gasteiger partial charge in [-0.15, -0.1) is 10.2 Å². The van der Waals surface area contributed by atoms with Gasteiger partial charge in [0.25, 0.3) is 5.89 Å². The molecule has 142 valence electrons. The van der Waals surface area contributed by atoms with E-state index in [2.05, 4.69) is 15.2 Å². The Labute approximate surface area is 150 Å². The second-order valence-electron chi connectivity index (χ2n) is 6.38. The van der Waals surface area contributed by atoms with Crippen molar-refractivity contribution in [1.82, 2.24) is 19.5 Å². The maximum Gasteiger partial charge on any atom is 0.314 e. The molecule has 0 unspecified atom stereocenters. The molecule has 0 aliphatic heterocycles. The van der Waals surface area contributed by atoms with Crippen molar-refractivity contribution in [2.24, 2.45) is 0 Å². The van der Waals surface area contributed by atoms with Crippen LogP contribution in [-0.2, 0) is 16.6 Å². The predicted molar refractivity (Wildman–Crippen MR) is 89.7 cm³/mol. The van der Waals surface area contributed by atoms with Gasteiger partial charge in [0.2, 0.25) is 15.9 Å². The highest BCUT2D eigenvalue weighted by atomic mass is 32.2. The Kier molecular flexibility index (Phi) is 5.61. The van der Waals surface area contributed by atoms with Crippen molar-refractivity contribution in [2.75, 3.05) is 6.26 Å². The Morgan fingerprint density at radius 1 is 1.23 bits per heavy atom. The molecule has 26 heavy (non-hydrogen) atoms. The average molecular weight is 386 g/mol. The molecule has 0 saturated heterocycles. The fourth-order valence-electron chi connectivity index (χ4n) is 3.13. The van der Waals surface area contributed by atoms with Gasteiger partial charge < -0.3 is 4.42 Å². The fourth-order valence-corrected chi connectivity index (χ4v) is 4.25. The average Bonchev–Trinajstić information content (AvgIpc) is 3.10. The van der Waals surface area contributed by atoms with Crippen LogP contribution >= 0.6 is 0 Å². The number of hydrogen-bond donors (Lipinski definition) is 0. The van der Waals surface area contributed by atoms with E-state index in [1.807, 2.05) is 0 Å². The van der Waals surface area contributed by atoms with Crippen LogP contribution in [0.3, 0.4) is 0 Å². The normalized spacial score (nSPS) is 16.5. The van der Waals surface area contributed by atoms with E-state index in [4.69, 9.17) is 4.42 Å². The van der Waals surface area contributed by atoms with E-state index in [9.17, 15) is 17.2 Å². The molecule has 0 atom stereocenters. The molecular weight excluding hydrogens is 366 g/mol. The lowest BCUT2D eigenvalue weighted by molar-refractivity contribution is 0.116. The predicted octanol–water partition coefficient (Wildman–Crippen LogP) is 3.16. The summed E-state index contributed by atoms with van der Waals surface area (Å²) in [6.45, 7) is 0.176.